The van der Waals surface area contributed by atoms with Crippen molar-refractivity contribution in [3.05, 3.63) is 11.6 Å². The molecule has 6 heteroatoms. The Labute approximate surface area is 178 Å². The SMILES string of the molecule is COC(=O)[C@H]1CC2=CC(=O)CC[C@]2(C)[C@H]2CC[C@@]3(C)[C@@H](CC[C@@]3(O)CCC(=O)O)[C@H]12. The molecule has 0 unspecified atom stereocenters. The number of ketones is 1. The molecule has 0 bridgehead atoms. The van der Waals surface area contributed by atoms with Crippen molar-refractivity contribution in [2.24, 2.45) is 34.5 Å². The van der Waals surface area contributed by atoms with Crippen LogP contribution in [0, 0.1) is 34.5 Å². The highest BCUT2D eigenvalue weighted by Crippen LogP contribution is 2.69. The molecule has 0 saturated heterocycles. The Morgan fingerprint density at radius 3 is 2.53 bits per heavy atom. The van der Waals surface area contributed by atoms with Crippen LogP contribution >= 0.6 is 0 Å². The van der Waals surface area contributed by atoms with Crippen LogP contribution in [0.2, 0.25) is 0 Å². The maximum atomic E-state index is 12.9. The lowest BCUT2D eigenvalue weighted by atomic mass is 9.44. The number of methoxy groups -OCH3 is 1. The van der Waals surface area contributed by atoms with Crippen LogP contribution in [-0.2, 0) is 19.1 Å². The van der Waals surface area contributed by atoms with Crippen LogP contribution in [0.25, 0.3) is 0 Å². The summed E-state index contributed by atoms with van der Waals surface area (Å²) in [6, 6.07) is 0. The van der Waals surface area contributed by atoms with Gasteiger partial charge in [0.1, 0.15) is 0 Å². The van der Waals surface area contributed by atoms with Gasteiger partial charge in [-0.1, -0.05) is 19.4 Å². The van der Waals surface area contributed by atoms with Crippen LogP contribution in [0.5, 0.6) is 0 Å². The van der Waals surface area contributed by atoms with Crippen molar-refractivity contribution < 1.29 is 29.3 Å². The van der Waals surface area contributed by atoms with Crippen molar-refractivity contribution in [3.8, 4) is 0 Å². The molecule has 4 aliphatic rings. The number of carboxylic acid groups (broad SMARTS) is 1. The van der Waals surface area contributed by atoms with Gasteiger partial charge in [0.15, 0.2) is 5.78 Å². The molecule has 0 aromatic heterocycles. The van der Waals surface area contributed by atoms with Crippen molar-refractivity contribution in [2.45, 2.75) is 77.2 Å². The number of carbonyl (C=O) groups excluding carboxylic acids is 2. The van der Waals surface area contributed by atoms with Gasteiger partial charge in [-0.2, -0.15) is 0 Å². The Morgan fingerprint density at radius 2 is 1.87 bits per heavy atom. The van der Waals surface area contributed by atoms with Gasteiger partial charge in [-0.25, -0.2) is 0 Å². The number of esters is 1. The highest BCUT2D eigenvalue weighted by molar-refractivity contribution is 5.92. The molecule has 4 aliphatic carbocycles. The second-order valence-electron chi connectivity index (χ2n) is 10.6. The fourth-order valence-electron chi connectivity index (χ4n) is 7.79. The van der Waals surface area contributed by atoms with Gasteiger partial charge in [0, 0.05) is 12.8 Å². The molecule has 166 valence electrons. The van der Waals surface area contributed by atoms with E-state index in [1.807, 2.05) is 0 Å². The monoisotopic (exact) mass is 418 g/mol. The minimum atomic E-state index is -1.01. The minimum Gasteiger partial charge on any atom is -0.481 e. The van der Waals surface area contributed by atoms with Crippen LogP contribution in [0.3, 0.4) is 0 Å². The molecule has 2 N–H and O–H groups in total. The third-order valence-electron chi connectivity index (χ3n) is 9.59. The van der Waals surface area contributed by atoms with E-state index in [0.29, 0.717) is 19.3 Å². The summed E-state index contributed by atoms with van der Waals surface area (Å²) >= 11 is 0. The molecular weight excluding hydrogens is 384 g/mol. The lowest BCUT2D eigenvalue weighted by molar-refractivity contribution is -0.169. The molecule has 4 rings (SSSR count). The Kier molecular flexibility index (Phi) is 5.16. The van der Waals surface area contributed by atoms with E-state index in [2.05, 4.69) is 13.8 Å². The predicted molar refractivity (Wildman–Crippen MR) is 109 cm³/mol. The van der Waals surface area contributed by atoms with Gasteiger partial charge >= 0.3 is 11.9 Å². The molecule has 0 radical (unpaired) electrons. The average Bonchev–Trinajstić information content (AvgIpc) is 2.97. The Hall–Kier alpha value is -1.69. The predicted octanol–water partition coefficient (Wildman–Crippen LogP) is 3.51. The zero-order valence-electron chi connectivity index (χ0n) is 18.3. The molecular formula is C24H34O6. The third-order valence-corrected chi connectivity index (χ3v) is 9.59. The molecule has 0 aromatic rings. The number of aliphatic carboxylic acids is 1. The Bertz CT molecular complexity index is 802. The fraction of sp³-hybridized carbons (Fsp3) is 0.792. The molecule has 6 nitrogen and oxygen atoms in total. The average molecular weight is 419 g/mol. The van der Waals surface area contributed by atoms with Crippen molar-refractivity contribution >= 4 is 17.7 Å². The number of ether oxygens (including phenoxy) is 1. The number of fused-ring (bicyclic) bond motifs is 5. The van der Waals surface area contributed by atoms with Crippen LogP contribution in [0.15, 0.2) is 11.6 Å². The van der Waals surface area contributed by atoms with E-state index < -0.39 is 17.0 Å². The van der Waals surface area contributed by atoms with Gasteiger partial charge < -0.3 is 14.9 Å². The molecule has 0 heterocycles. The number of rotatable bonds is 4. The number of aliphatic hydroxyl groups is 1. The number of hydrogen-bond acceptors (Lipinski definition) is 5. The van der Waals surface area contributed by atoms with Gasteiger partial charge in [-0.15, -0.1) is 0 Å². The van der Waals surface area contributed by atoms with Gasteiger partial charge in [0.05, 0.1) is 18.6 Å². The molecule has 0 spiro atoms. The third kappa shape index (κ3) is 2.97. The first-order chi connectivity index (χ1) is 14.1. The number of hydrogen-bond donors (Lipinski definition) is 2. The molecule has 0 amide bonds. The fourth-order valence-corrected chi connectivity index (χ4v) is 7.79. The Balaban J connectivity index is 1.73. The zero-order valence-corrected chi connectivity index (χ0v) is 18.3. The lowest BCUT2D eigenvalue weighted by Gasteiger charge is -2.60. The summed E-state index contributed by atoms with van der Waals surface area (Å²) in [4.78, 5) is 36.2. The molecule has 0 aliphatic heterocycles. The zero-order chi connectivity index (χ0) is 21.9. The lowest BCUT2D eigenvalue weighted by Crippen LogP contribution is -2.58. The van der Waals surface area contributed by atoms with Crippen molar-refractivity contribution in [3.63, 3.8) is 0 Å². The van der Waals surface area contributed by atoms with Crippen molar-refractivity contribution in [2.75, 3.05) is 7.11 Å². The largest absolute Gasteiger partial charge is 0.481 e. The second kappa shape index (κ2) is 7.18. The number of carboxylic acids is 1. The maximum Gasteiger partial charge on any atom is 0.309 e. The van der Waals surface area contributed by atoms with E-state index in [0.717, 1.165) is 31.3 Å². The normalized spacial score (nSPS) is 45.1. The van der Waals surface area contributed by atoms with E-state index in [4.69, 9.17) is 4.74 Å². The standard InChI is InChI=1S/C24H34O6/c1-22-8-4-15(25)12-14(22)13-16(21(28)30-3)20-17(22)5-9-23(2)18(20)6-10-24(23,29)11-7-19(26)27/h12,16-18,20,29H,4-11,13H2,1-3H3,(H,26,27)/t16-,17-,18-,20+,22-,23-,24+/m0/s1. The van der Waals surface area contributed by atoms with E-state index in [9.17, 15) is 24.6 Å². The second-order valence-corrected chi connectivity index (χ2v) is 10.6. The molecule has 3 saturated carbocycles. The molecule has 3 fully saturated rings. The van der Waals surface area contributed by atoms with E-state index in [1.165, 1.54) is 7.11 Å². The topological polar surface area (TPSA) is 101 Å². The number of carbonyl (C=O) groups is 3. The first kappa shape index (κ1) is 21.5. The highest BCUT2D eigenvalue weighted by Gasteiger charge is 2.66. The summed E-state index contributed by atoms with van der Waals surface area (Å²) < 4.78 is 5.20. The first-order valence-electron chi connectivity index (χ1n) is 11.3. The van der Waals surface area contributed by atoms with Gasteiger partial charge in [-0.05, 0) is 79.6 Å². The van der Waals surface area contributed by atoms with Gasteiger partial charge in [0.2, 0.25) is 0 Å². The van der Waals surface area contributed by atoms with E-state index in [1.54, 1.807) is 6.08 Å². The van der Waals surface area contributed by atoms with Crippen LogP contribution in [-0.4, -0.2) is 40.6 Å². The summed E-state index contributed by atoms with van der Waals surface area (Å²) in [5.74, 6) is -0.763. The van der Waals surface area contributed by atoms with Gasteiger partial charge in [-0.3, -0.25) is 14.4 Å². The highest BCUT2D eigenvalue weighted by atomic mass is 16.5. The quantitative estimate of drug-likeness (QED) is 0.678. The van der Waals surface area contributed by atoms with Crippen molar-refractivity contribution in [1.82, 2.24) is 0 Å². The van der Waals surface area contributed by atoms with Crippen LogP contribution in [0.1, 0.15) is 71.6 Å². The Morgan fingerprint density at radius 1 is 1.17 bits per heavy atom. The smallest absolute Gasteiger partial charge is 0.309 e. The summed E-state index contributed by atoms with van der Waals surface area (Å²) in [5.41, 5.74) is -0.413. The van der Waals surface area contributed by atoms with Crippen LogP contribution in [0.4, 0.5) is 0 Å². The number of allylic oxidation sites excluding steroid dienone is 1. The van der Waals surface area contributed by atoms with Gasteiger partial charge in [0.25, 0.3) is 0 Å². The molecule has 7 atom stereocenters. The van der Waals surface area contributed by atoms with Crippen molar-refractivity contribution in [1.29, 1.82) is 0 Å². The summed E-state index contributed by atoms with van der Waals surface area (Å²) in [6.45, 7) is 4.36. The summed E-state index contributed by atoms with van der Waals surface area (Å²) in [7, 11) is 1.42. The van der Waals surface area contributed by atoms with E-state index in [-0.39, 0.29) is 53.7 Å². The minimum absolute atomic E-state index is 0.0416. The first-order valence-corrected chi connectivity index (χ1v) is 11.3. The van der Waals surface area contributed by atoms with Crippen LogP contribution < -0.4 is 0 Å². The molecule has 0 aromatic carbocycles. The maximum absolute atomic E-state index is 12.9. The summed E-state index contributed by atoms with van der Waals surface area (Å²) in [6.07, 6.45) is 6.99. The summed E-state index contributed by atoms with van der Waals surface area (Å²) in [5, 5.41) is 20.7. The molecule has 30 heavy (non-hydrogen) atoms. The van der Waals surface area contributed by atoms with E-state index >= 15 is 0 Å².